The fourth-order valence-corrected chi connectivity index (χ4v) is 6.94. The third-order valence-corrected chi connectivity index (χ3v) is 7.44. The number of amidine groups is 1. The first kappa shape index (κ1) is 17.3. The second-order valence-electron chi connectivity index (χ2n) is 5.95. The second kappa shape index (κ2) is 6.76. The van der Waals surface area contributed by atoms with E-state index in [0.29, 0.717) is 11.8 Å². The monoisotopic (exact) mass is 368 g/mol. The number of fused-ring (bicyclic) bond motifs is 1. The van der Waals surface area contributed by atoms with Crippen molar-refractivity contribution in [2.24, 2.45) is 4.99 Å². The van der Waals surface area contributed by atoms with Crippen molar-refractivity contribution in [3.63, 3.8) is 0 Å². The second-order valence-corrected chi connectivity index (χ2v) is 9.31. The van der Waals surface area contributed by atoms with E-state index in [4.69, 9.17) is 4.74 Å². The molecular formula is C16H20N2O4S2. The quantitative estimate of drug-likeness (QED) is 0.799. The average molecular weight is 368 g/mol. The molecule has 1 aromatic rings. The molecule has 0 unspecified atom stereocenters. The Bertz CT molecular complexity index is 759. The number of nitrogens with zero attached hydrogens (tertiary/aromatic N) is 2. The first-order chi connectivity index (χ1) is 11.4. The zero-order valence-electron chi connectivity index (χ0n) is 13.6. The van der Waals surface area contributed by atoms with E-state index in [2.05, 4.69) is 4.99 Å². The minimum absolute atomic E-state index is 0.0166. The first-order valence-corrected chi connectivity index (χ1v) is 10.5. The molecule has 1 aromatic carbocycles. The van der Waals surface area contributed by atoms with Crippen LogP contribution in [0.1, 0.15) is 12.5 Å². The van der Waals surface area contributed by atoms with Crippen LogP contribution < -0.4 is 4.74 Å². The largest absolute Gasteiger partial charge is 0.494 e. The van der Waals surface area contributed by atoms with Crippen molar-refractivity contribution >= 4 is 32.7 Å². The number of hydrogen-bond acceptors (Lipinski definition) is 5. The predicted molar refractivity (Wildman–Crippen MR) is 95.3 cm³/mol. The van der Waals surface area contributed by atoms with E-state index in [9.17, 15) is 13.2 Å². The van der Waals surface area contributed by atoms with E-state index < -0.39 is 9.84 Å². The van der Waals surface area contributed by atoms with Gasteiger partial charge in [-0.15, -0.1) is 0 Å². The van der Waals surface area contributed by atoms with Crippen LogP contribution in [0.3, 0.4) is 0 Å². The molecule has 2 aliphatic heterocycles. The number of benzene rings is 1. The molecule has 2 atom stereocenters. The number of sulfone groups is 1. The Hall–Kier alpha value is -1.54. The molecule has 0 saturated carbocycles. The Morgan fingerprint density at radius 2 is 2.04 bits per heavy atom. The molecular weight excluding hydrogens is 348 g/mol. The van der Waals surface area contributed by atoms with E-state index in [0.717, 1.165) is 11.3 Å². The molecule has 0 spiro atoms. The van der Waals surface area contributed by atoms with Gasteiger partial charge in [-0.05, 0) is 24.6 Å². The van der Waals surface area contributed by atoms with Crippen LogP contribution in [-0.4, -0.2) is 60.8 Å². The summed E-state index contributed by atoms with van der Waals surface area (Å²) in [4.78, 5) is 18.2. The summed E-state index contributed by atoms with van der Waals surface area (Å²) in [5.74, 6) is 0.864. The molecule has 130 valence electrons. The van der Waals surface area contributed by atoms with Crippen molar-refractivity contribution in [3.05, 3.63) is 29.8 Å². The molecule has 6 nitrogen and oxygen atoms in total. The van der Waals surface area contributed by atoms with Gasteiger partial charge in [0.15, 0.2) is 15.0 Å². The molecule has 0 radical (unpaired) electrons. The summed E-state index contributed by atoms with van der Waals surface area (Å²) in [6, 6.07) is 7.32. The summed E-state index contributed by atoms with van der Waals surface area (Å²) < 4.78 is 28.7. The first-order valence-electron chi connectivity index (χ1n) is 7.81. The van der Waals surface area contributed by atoms with Crippen LogP contribution in [0.4, 0.5) is 0 Å². The zero-order chi connectivity index (χ0) is 17.3. The molecule has 0 N–H and O–H groups in total. The third-order valence-electron chi connectivity index (χ3n) is 4.14. The van der Waals surface area contributed by atoms with Gasteiger partial charge in [0.1, 0.15) is 5.75 Å². The van der Waals surface area contributed by atoms with Gasteiger partial charge < -0.3 is 9.64 Å². The number of carbonyl (C=O) groups excluding carboxylic acids is 1. The van der Waals surface area contributed by atoms with Gasteiger partial charge in [-0.1, -0.05) is 23.9 Å². The highest BCUT2D eigenvalue weighted by molar-refractivity contribution is 8.15. The van der Waals surface area contributed by atoms with Crippen LogP contribution in [0.25, 0.3) is 0 Å². The van der Waals surface area contributed by atoms with Crippen LogP contribution >= 0.6 is 11.8 Å². The maximum atomic E-state index is 12.2. The standard InChI is InChI=1S/C16H20N2O4S2/c1-3-22-12-6-4-11(5-7-12)8-15(19)17-16-18(2)13-9-24(20,21)10-14(13)23-16/h4-7,13-14H,3,8-10H2,1-2H3/t13-,14-/m0/s1. The molecule has 8 heteroatoms. The minimum atomic E-state index is -2.96. The van der Waals surface area contributed by atoms with Gasteiger partial charge in [0.25, 0.3) is 5.91 Å². The van der Waals surface area contributed by atoms with Crippen LogP contribution in [0.2, 0.25) is 0 Å². The molecule has 2 fully saturated rings. The van der Waals surface area contributed by atoms with E-state index in [1.165, 1.54) is 11.8 Å². The van der Waals surface area contributed by atoms with Crippen molar-refractivity contribution in [1.82, 2.24) is 4.90 Å². The lowest BCUT2D eigenvalue weighted by Gasteiger charge is -2.17. The number of carbonyl (C=O) groups is 1. The van der Waals surface area contributed by atoms with Gasteiger partial charge in [0, 0.05) is 12.3 Å². The van der Waals surface area contributed by atoms with Crippen LogP contribution in [0, 0.1) is 0 Å². The van der Waals surface area contributed by atoms with Crippen molar-refractivity contribution in [1.29, 1.82) is 0 Å². The maximum Gasteiger partial charge on any atom is 0.252 e. The number of rotatable bonds is 4. The summed E-state index contributed by atoms with van der Waals surface area (Å²) >= 11 is 1.40. The zero-order valence-corrected chi connectivity index (χ0v) is 15.3. The predicted octanol–water partition coefficient (Wildman–Crippen LogP) is 1.35. The van der Waals surface area contributed by atoms with E-state index in [1.54, 1.807) is 0 Å². The van der Waals surface area contributed by atoms with E-state index >= 15 is 0 Å². The van der Waals surface area contributed by atoms with Crippen LogP contribution in [-0.2, 0) is 21.1 Å². The highest BCUT2D eigenvalue weighted by Crippen LogP contribution is 2.37. The third kappa shape index (κ3) is 3.75. The van der Waals surface area contributed by atoms with Gasteiger partial charge in [0.05, 0.1) is 30.6 Å². The number of hydrogen-bond donors (Lipinski definition) is 0. The summed E-state index contributed by atoms with van der Waals surface area (Å²) in [6.45, 7) is 2.53. The van der Waals surface area contributed by atoms with Crippen LogP contribution in [0.15, 0.2) is 29.3 Å². The number of amides is 1. The molecule has 0 aromatic heterocycles. The Balaban J connectivity index is 1.63. The van der Waals surface area contributed by atoms with Crippen molar-refractivity contribution in [2.75, 3.05) is 25.2 Å². The Morgan fingerprint density at radius 1 is 1.33 bits per heavy atom. The molecule has 1 amide bonds. The van der Waals surface area contributed by atoms with Gasteiger partial charge in [-0.2, -0.15) is 4.99 Å². The normalized spacial score (nSPS) is 26.6. The molecule has 2 heterocycles. The number of ether oxygens (including phenoxy) is 1. The highest BCUT2D eigenvalue weighted by Gasteiger charge is 2.47. The summed E-state index contributed by atoms with van der Waals surface area (Å²) in [7, 11) is -1.16. The Morgan fingerprint density at radius 3 is 2.67 bits per heavy atom. The number of aliphatic imine (C=N–C) groups is 1. The summed E-state index contributed by atoms with van der Waals surface area (Å²) in [6.07, 6.45) is 0.220. The van der Waals surface area contributed by atoms with E-state index in [-0.39, 0.29) is 35.1 Å². The maximum absolute atomic E-state index is 12.2. The number of thioether (sulfide) groups is 1. The van der Waals surface area contributed by atoms with Crippen molar-refractivity contribution in [3.8, 4) is 5.75 Å². The van der Waals surface area contributed by atoms with Gasteiger partial charge in [-0.25, -0.2) is 8.42 Å². The molecule has 0 bridgehead atoms. The molecule has 24 heavy (non-hydrogen) atoms. The Kier molecular flexibility index (Phi) is 4.87. The van der Waals surface area contributed by atoms with Gasteiger partial charge in [0.2, 0.25) is 0 Å². The SMILES string of the molecule is CCOc1ccc(CC(=O)N=C2S[C@H]3CS(=O)(=O)C[C@@H]3N2C)cc1. The fraction of sp³-hybridized carbons (Fsp3) is 0.500. The molecule has 3 rings (SSSR count). The average Bonchev–Trinajstić information content (AvgIpc) is 2.95. The minimum Gasteiger partial charge on any atom is -0.494 e. The van der Waals surface area contributed by atoms with Crippen molar-refractivity contribution in [2.45, 2.75) is 24.6 Å². The van der Waals surface area contributed by atoms with Crippen LogP contribution in [0.5, 0.6) is 5.75 Å². The van der Waals surface area contributed by atoms with Gasteiger partial charge >= 0.3 is 0 Å². The lowest BCUT2D eigenvalue weighted by atomic mass is 10.1. The molecule has 2 aliphatic rings. The molecule has 0 aliphatic carbocycles. The Labute approximate surface area is 146 Å². The van der Waals surface area contributed by atoms with Crippen molar-refractivity contribution < 1.29 is 17.9 Å². The fourth-order valence-electron chi connectivity index (χ4n) is 2.93. The van der Waals surface area contributed by atoms with E-state index in [1.807, 2.05) is 43.1 Å². The summed E-state index contributed by atoms with van der Waals surface area (Å²) in [5.41, 5.74) is 0.876. The topological polar surface area (TPSA) is 76.0 Å². The van der Waals surface area contributed by atoms with Gasteiger partial charge in [-0.3, -0.25) is 4.79 Å². The highest BCUT2D eigenvalue weighted by atomic mass is 32.2. The summed E-state index contributed by atoms with van der Waals surface area (Å²) in [5, 5.41) is 0.605. The molecule has 2 saturated heterocycles. The smallest absolute Gasteiger partial charge is 0.252 e. The lowest BCUT2D eigenvalue weighted by Crippen LogP contribution is -2.34. The lowest BCUT2D eigenvalue weighted by molar-refractivity contribution is -0.117.